The average molecular weight is 389 g/mol. The van der Waals surface area contributed by atoms with Crippen molar-refractivity contribution in [2.24, 2.45) is 5.73 Å². The SMILES string of the molecule is NC(=S)Nc1cccc(Oc2ccccc2)c1C(=O)c1cc2cccnc2o1. The number of thiocarbonyl (C=S) groups is 1. The minimum absolute atomic E-state index is 0.0391. The van der Waals surface area contributed by atoms with Gasteiger partial charge >= 0.3 is 0 Å². The minimum Gasteiger partial charge on any atom is -0.457 e. The Bertz CT molecular complexity index is 1140. The number of para-hydroxylation sites is 1. The van der Waals surface area contributed by atoms with Gasteiger partial charge in [0.1, 0.15) is 11.5 Å². The van der Waals surface area contributed by atoms with Crippen molar-refractivity contribution in [1.82, 2.24) is 4.98 Å². The Morgan fingerprint density at radius 2 is 1.89 bits per heavy atom. The highest BCUT2D eigenvalue weighted by Gasteiger charge is 2.23. The number of nitrogens with two attached hydrogens (primary N) is 1. The monoisotopic (exact) mass is 389 g/mol. The molecule has 7 heteroatoms. The molecular formula is C21H15N3O3S. The van der Waals surface area contributed by atoms with E-state index in [0.29, 0.717) is 22.9 Å². The molecule has 28 heavy (non-hydrogen) atoms. The van der Waals surface area contributed by atoms with Crippen LogP contribution in [-0.4, -0.2) is 15.9 Å². The van der Waals surface area contributed by atoms with E-state index in [1.54, 1.807) is 48.7 Å². The largest absolute Gasteiger partial charge is 0.457 e. The summed E-state index contributed by atoms with van der Waals surface area (Å²) in [6, 6.07) is 19.6. The highest BCUT2D eigenvalue weighted by atomic mass is 32.1. The summed E-state index contributed by atoms with van der Waals surface area (Å²) in [5.41, 5.74) is 6.71. The number of rotatable bonds is 5. The zero-order valence-corrected chi connectivity index (χ0v) is 15.4. The van der Waals surface area contributed by atoms with Crippen molar-refractivity contribution in [3.63, 3.8) is 0 Å². The summed E-state index contributed by atoms with van der Waals surface area (Å²) in [4.78, 5) is 17.4. The van der Waals surface area contributed by atoms with Crippen LogP contribution in [0.5, 0.6) is 11.5 Å². The Kier molecular flexibility index (Phi) is 4.74. The van der Waals surface area contributed by atoms with Crippen LogP contribution in [0, 0.1) is 0 Å². The number of anilines is 1. The number of nitrogens with one attached hydrogen (secondary N) is 1. The Morgan fingerprint density at radius 1 is 1.07 bits per heavy atom. The van der Waals surface area contributed by atoms with Crippen molar-refractivity contribution >= 4 is 39.9 Å². The van der Waals surface area contributed by atoms with E-state index in [1.165, 1.54) is 0 Å². The molecule has 2 heterocycles. The molecule has 2 aromatic heterocycles. The Balaban J connectivity index is 1.82. The van der Waals surface area contributed by atoms with Crippen LogP contribution in [0.3, 0.4) is 0 Å². The number of furan rings is 1. The maximum Gasteiger partial charge on any atom is 0.234 e. The van der Waals surface area contributed by atoms with E-state index in [9.17, 15) is 4.79 Å². The molecule has 0 bridgehead atoms. The van der Waals surface area contributed by atoms with E-state index in [-0.39, 0.29) is 22.2 Å². The van der Waals surface area contributed by atoms with Crippen LogP contribution in [0.4, 0.5) is 5.69 Å². The third kappa shape index (κ3) is 3.56. The lowest BCUT2D eigenvalue weighted by Crippen LogP contribution is -2.21. The topological polar surface area (TPSA) is 90.4 Å². The van der Waals surface area contributed by atoms with Gasteiger partial charge < -0.3 is 20.2 Å². The molecule has 0 aliphatic rings. The number of nitrogens with zero attached hydrogens (tertiary/aromatic N) is 1. The second kappa shape index (κ2) is 7.50. The molecule has 0 saturated carbocycles. The number of pyridine rings is 1. The molecule has 0 unspecified atom stereocenters. The van der Waals surface area contributed by atoms with Gasteiger partial charge in [-0.2, -0.15) is 0 Å². The van der Waals surface area contributed by atoms with Crippen molar-refractivity contribution in [1.29, 1.82) is 0 Å². The summed E-state index contributed by atoms with van der Waals surface area (Å²) < 4.78 is 11.6. The highest BCUT2D eigenvalue weighted by Crippen LogP contribution is 2.33. The summed E-state index contributed by atoms with van der Waals surface area (Å²) >= 11 is 4.95. The van der Waals surface area contributed by atoms with Gasteiger partial charge in [-0.15, -0.1) is 0 Å². The van der Waals surface area contributed by atoms with Crippen molar-refractivity contribution in [3.8, 4) is 11.5 Å². The first-order valence-corrected chi connectivity index (χ1v) is 8.84. The van der Waals surface area contributed by atoms with Crippen molar-refractivity contribution in [2.75, 3.05) is 5.32 Å². The number of fused-ring (bicyclic) bond motifs is 1. The molecule has 0 aliphatic heterocycles. The molecule has 6 nitrogen and oxygen atoms in total. The van der Waals surface area contributed by atoms with Crippen LogP contribution >= 0.6 is 12.2 Å². The fraction of sp³-hybridized carbons (Fsp3) is 0. The maximum absolute atomic E-state index is 13.3. The molecule has 0 aliphatic carbocycles. The quantitative estimate of drug-likeness (QED) is 0.383. The molecule has 0 saturated heterocycles. The zero-order valence-electron chi connectivity index (χ0n) is 14.6. The van der Waals surface area contributed by atoms with Gasteiger partial charge in [-0.25, -0.2) is 4.98 Å². The number of hydrogen-bond donors (Lipinski definition) is 2. The molecular weight excluding hydrogens is 374 g/mol. The molecule has 0 radical (unpaired) electrons. The summed E-state index contributed by atoms with van der Waals surface area (Å²) in [7, 11) is 0. The molecule has 2 aromatic carbocycles. The first kappa shape index (κ1) is 17.7. The minimum atomic E-state index is -0.372. The smallest absolute Gasteiger partial charge is 0.234 e. The van der Waals surface area contributed by atoms with Crippen LogP contribution in [-0.2, 0) is 0 Å². The summed E-state index contributed by atoms with van der Waals surface area (Å²) in [6.45, 7) is 0. The Labute approximate surface area is 165 Å². The van der Waals surface area contributed by atoms with Crippen molar-refractivity contribution in [2.45, 2.75) is 0 Å². The maximum atomic E-state index is 13.3. The van der Waals surface area contributed by atoms with E-state index < -0.39 is 0 Å². The summed E-state index contributed by atoms with van der Waals surface area (Å²) in [5, 5.41) is 3.61. The fourth-order valence-corrected chi connectivity index (χ4v) is 2.92. The normalized spacial score (nSPS) is 10.6. The molecule has 0 atom stereocenters. The number of ether oxygens (including phenoxy) is 1. The molecule has 138 valence electrons. The molecule has 4 aromatic rings. The Morgan fingerprint density at radius 3 is 2.64 bits per heavy atom. The number of ketones is 1. The number of carbonyl (C=O) groups excluding carboxylic acids is 1. The van der Waals surface area contributed by atoms with Gasteiger partial charge in [0.05, 0.1) is 11.3 Å². The van der Waals surface area contributed by atoms with Crippen LogP contribution in [0.1, 0.15) is 16.1 Å². The van der Waals surface area contributed by atoms with Crippen molar-refractivity contribution in [3.05, 3.63) is 84.3 Å². The lowest BCUT2D eigenvalue weighted by atomic mass is 10.0. The number of benzene rings is 2. The predicted octanol–water partition coefficient (Wildman–Crippen LogP) is 4.51. The van der Waals surface area contributed by atoms with E-state index in [4.69, 9.17) is 27.1 Å². The first-order chi connectivity index (χ1) is 13.6. The second-order valence-corrected chi connectivity index (χ2v) is 6.36. The second-order valence-electron chi connectivity index (χ2n) is 5.92. The fourth-order valence-electron chi connectivity index (χ4n) is 2.81. The third-order valence-corrected chi connectivity index (χ3v) is 4.10. The third-order valence-electron chi connectivity index (χ3n) is 4.00. The van der Waals surface area contributed by atoms with Gasteiger partial charge in [-0.1, -0.05) is 24.3 Å². The summed E-state index contributed by atoms with van der Waals surface area (Å²) in [6.07, 6.45) is 1.60. The van der Waals surface area contributed by atoms with Gasteiger partial charge in [0.15, 0.2) is 10.9 Å². The van der Waals surface area contributed by atoms with Crippen LogP contribution in [0.2, 0.25) is 0 Å². The molecule has 0 amide bonds. The lowest BCUT2D eigenvalue weighted by molar-refractivity contribution is 0.101. The van der Waals surface area contributed by atoms with E-state index in [2.05, 4.69) is 10.3 Å². The van der Waals surface area contributed by atoms with Crippen LogP contribution in [0.25, 0.3) is 11.1 Å². The van der Waals surface area contributed by atoms with Gasteiger partial charge in [-0.05, 0) is 54.7 Å². The molecule has 0 spiro atoms. The van der Waals surface area contributed by atoms with E-state index in [1.807, 2.05) is 24.3 Å². The van der Waals surface area contributed by atoms with Gasteiger partial charge in [0.25, 0.3) is 0 Å². The molecule has 4 rings (SSSR count). The van der Waals surface area contributed by atoms with Gasteiger partial charge in [-0.3, -0.25) is 4.79 Å². The highest BCUT2D eigenvalue weighted by molar-refractivity contribution is 7.80. The predicted molar refractivity (Wildman–Crippen MR) is 111 cm³/mol. The number of hydrogen-bond acceptors (Lipinski definition) is 5. The standard InChI is InChI=1S/C21H15N3O3S/c22-21(28)24-15-9-4-10-16(26-14-7-2-1-3-8-14)18(15)19(25)17-12-13-6-5-11-23-20(13)27-17/h1-12H,(H3,22,24,28). The van der Waals surface area contributed by atoms with Crippen molar-refractivity contribution < 1.29 is 13.9 Å². The van der Waals surface area contributed by atoms with Gasteiger partial charge in [0, 0.05) is 11.6 Å². The number of carbonyl (C=O) groups is 1. The lowest BCUT2D eigenvalue weighted by Gasteiger charge is -2.14. The molecule has 3 N–H and O–H groups in total. The van der Waals surface area contributed by atoms with E-state index >= 15 is 0 Å². The molecule has 0 fully saturated rings. The van der Waals surface area contributed by atoms with E-state index in [0.717, 1.165) is 5.39 Å². The van der Waals surface area contributed by atoms with Crippen LogP contribution in [0.15, 0.2) is 77.3 Å². The van der Waals surface area contributed by atoms with Crippen LogP contribution < -0.4 is 15.8 Å². The Hall–Kier alpha value is -3.71. The number of aromatic nitrogens is 1. The summed E-state index contributed by atoms with van der Waals surface area (Å²) in [5.74, 6) is 0.716. The average Bonchev–Trinajstić information content (AvgIpc) is 3.12. The van der Waals surface area contributed by atoms with Gasteiger partial charge in [0.2, 0.25) is 11.5 Å². The zero-order chi connectivity index (χ0) is 19.5. The first-order valence-electron chi connectivity index (χ1n) is 8.43.